The highest BCUT2D eigenvalue weighted by Crippen LogP contribution is 2.33. The number of ether oxygens (including phenoxy) is 1. The maximum atomic E-state index is 12.9. The smallest absolute Gasteiger partial charge is 0.295 e. The quantitative estimate of drug-likeness (QED) is 0.564. The van der Waals surface area contributed by atoms with Crippen LogP contribution < -0.4 is 10.3 Å². The first kappa shape index (κ1) is 16.9. The SMILES string of the molecule is COc1ccc2c(c1)CCC(c1nc3cccc([N+](=O)[O-])c3[nH]c1=O)C2=O. The summed E-state index contributed by atoms with van der Waals surface area (Å²) in [5, 5.41) is 11.1. The molecule has 0 aliphatic heterocycles. The van der Waals surface area contributed by atoms with Gasteiger partial charge in [0.25, 0.3) is 11.2 Å². The van der Waals surface area contributed by atoms with Crippen molar-refractivity contribution < 1.29 is 14.5 Å². The van der Waals surface area contributed by atoms with Crippen molar-refractivity contribution in [3.63, 3.8) is 0 Å². The van der Waals surface area contributed by atoms with E-state index in [-0.39, 0.29) is 28.2 Å². The maximum absolute atomic E-state index is 12.9. The minimum atomic E-state index is -0.682. The van der Waals surface area contributed by atoms with Crippen LogP contribution >= 0.6 is 0 Å². The summed E-state index contributed by atoms with van der Waals surface area (Å²) < 4.78 is 5.19. The number of hydrogen-bond donors (Lipinski definition) is 1. The molecule has 0 bridgehead atoms. The van der Waals surface area contributed by atoms with Crippen LogP contribution in [0, 0.1) is 10.1 Å². The number of fused-ring (bicyclic) bond motifs is 2. The molecule has 0 radical (unpaired) electrons. The van der Waals surface area contributed by atoms with Crippen molar-refractivity contribution in [3.8, 4) is 5.75 Å². The molecule has 0 spiro atoms. The largest absolute Gasteiger partial charge is 0.497 e. The first-order chi connectivity index (χ1) is 13.0. The maximum Gasteiger partial charge on any atom is 0.295 e. The van der Waals surface area contributed by atoms with E-state index in [2.05, 4.69) is 9.97 Å². The number of non-ortho nitro benzene ring substituents is 1. The fourth-order valence-corrected chi connectivity index (χ4v) is 3.52. The third-order valence-corrected chi connectivity index (χ3v) is 4.86. The Morgan fingerprint density at radius 1 is 1.26 bits per heavy atom. The van der Waals surface area contributed by atoms with E-state index in [1.807, 2.05) is 6.07 Å². The van der Waals surface area contributed by atoms with Gasteiger partial charge in [-0.25, -0.2) is 4.98 Å². The lowest BCUT2D eigenvalue weighted by Gasteiger charge is -2.23. The second kappa shape index (κ2) is 6.31. The molecular formula is C19H15N3O5. The third kappa shape index (κ3) is 2.75. The number of methoxy groups -OCH3 is 1. The van der Waals surface area contributed by atoms with E-state index in [0.717, 1.165) is 5.56 Å². The Bertz CT molecular complexity index is 1150. The van der Waals surface area contributed by atoms with Crippen molar-refractivity contribution in [2.45, 2.75) is 18.8 Å². The van der Waals surface area contributed by atoms with Crippen LogP contribution in [0.3, 0.4) is 0 Å². The van der Waals surface area contributed by atoms with Crippen LogP contribution in [0.15, 0.2) is 41.2 Å². The molecule has 0 saturated heterocycles. The van der Waals surface area contributed by atoms with Gasteiger partial charge >= 0.3 is 0 Å². The normalized spacial score (nSPS) is 16.2. The van der Waals surface area contributed by atoms with Gasteiger partial charge < -0.3 is 9.72 Å². The van der Waals surface area contributed by atoms with E-state index >= 15 is 0 Å². The zero-order chi connectivity index (χ0) is 19.1. The molecule has 1 aromatic heterocycles. The number of benzene rings is 2. The van der Waals surface area contributed by atoms with Gasteiger partial charge in [0.15, 0.2) is 5.78 Å². The van der Waals surface area contributed by atoms with Gasteiger partial charge in [0.1, 0.15) is 17.0 Å². The third-order valence-electron chi connectivity index (χ3n) is 4.86. The number of Topliss-reactive ketones (excluding diaryl/α,β-unsaturated/α-hetero) is 1. The molecule has 2 aromatic carbocycles. The highest BCUT2D eigenvalue weighted by atomic mass is 16.6. The number of carbonyl (C=O) groups excluding carboxylic acids is 1. The molecule has 1 aliphatic rings. The molecule has 8 nitrogen and oxygen atoms in total. The van der Waals surface area contributed by atoms with Crippen molar-refractivity contribution in [3.05, 3.63) is 73.7 Å². The Morgan fingerprint density at radius 2 is 2.07 bits per heavy atom. The summed E-state index contributed by atoms with van der Waals surface area (Å²) in [4.78, 5) is 42.9. The Balaban J connectivity index is 1.81. The number of rotatable bonds is 3. The molecule has 0 fully saturated rings. The van der Waals surface area contributed by atoms with Crippen LogP contribution in [0.5, 0.6) is 5.75 Å². The van der Waals surface area contributed by atoms with Gasteiger partial charge in [0, 0.05) is 11.6 Å². The van der Waals surface area contributed by atoms with Crippen LogP contribution in [0.25, 0.3) is 11.0 Å². The van der Waals surface area contributed by atoms with Gasteiger partial charge in [0.2, 0.25) is 0 Å². The number of hydrogen-bond acceptors (Lipinski definition) is 6. The van der Waals surface area contributed by atoms with Gasteiger partial charge in [0.05, 0.1) is 23.5 Å². The molecule has 8 heteroatoms. The van der Waals surface area contributed by atoms with Crippen LogP contribution in [-0.4, -0.2) is 27.8 Å². The predicted molar refractivity (Wildman–Crippen MR) is 97.4 cm³/mol. The van der Waals surface area contributed by atoms with Crippen molar-refractivity contribution in [2.24, 2.45) is 0 Å². The fraction of sp³-hybridized carbons (Fsp3) is 0.211. The topological polar surface area (TPSA) is 115 Å². The van der Waals surface area contributed by atoms with Gasteiger partial charge in [-0.3, -0.25) is 19.7 Å². The van der Waals surface area contributed by atoms with Gasteiger partial charge in [-0.05, 0) is 42.7 Å². The molecule has 136 valence electrons. The minimum absolute atomic E-state index is 0.0599. The van der Waals surface area contributed by atoms with Gasteiger partial charge in [-0.15, -0.1) is 0 Å². The van der Waals surface area contributed by atoms with Crippen LogP contribution in [0.2, 0.25) is 0 Å². The summed E-state index contributed by atoms with van der Waals surface area (Å²) in [7, 11) is 1.56. The number of nitro benzene ring substituents is 1. The van der Waals surface area contributed by atoms with Crippen LogP contribution in [-0.2, 0) is 6.42 Å². The lowest BCUT2D eigenvalue weighted by Crippen LogP contribution is -2.28. The monoisotopic (exact) mass is 365 g/mol. The molecule has 3 aromatic rings. The zero-order valence-electron chi connectivity index (χ0n) is 14.4. The second-order valence-corrected chi connectivity index (χ2v) is 6.36. The summed E-state index contributed by atoms with van der Waals surface area (Å²) in [6, 6.07) is 9.61. The molecule has 4 rings (SSSR count). The number of nitro groups is 1. The van der Waals surface area contributed by atoms with Crippen molar-refractivity contribution in [1.29, 1.82) is 0 Å². The lowest BCUT2D eigenvalue weighted by molar-refractivity contribution is -0.383. The number of aromatic amines is 1. The average molecular weight is 365 g/mol. The van der Waals surface area contributed by atoms with E-state index < -0.39 is 16.4 Å². The van der Waals surface area contributed by atoms with Gasteiger partial charge in [-0.1, -0.05) is 6.07 Å². The van der Waals surface area contributed by atoms with E-state index in [4.69, 9.17) is 4.74 Å². The number of carbonyl (C=O) groups is 1. The first-order valence-corrected chi connectivity index (χ1v) is 8.38. The van der Waals surface area contributed by atoms with E-state index in [1.165, 1.54) is 12.1 Å². The van der Waals surface area contributed by atoms with Crippen LogP contribution in [0.1, 0.15) is 34.0 Å². The van der Waals surface area contributed by atoms with Gasteiger partial charge in [-0.2, -0.15) is 0 Å². The molecule has 27 heavy (non-hydrogen) atoms. The summed E-state index contributed by atoms with van der Waals surface area (Å²) in [5.41, 5.74) is 1.06. The van der Waals surface area contributed by atoms with Crippen LogP contribution in [0.4, 0.5) is 5.69 Å². The molecule has 1 unspecified atom stereocenters. The summed E-state index contributed by atoms with van der Waals surface area (Å²) in [5.74, 6) is -0.186. The number of nitrogens with one attached hydrogen (secondary N) is 1. The standard InChI is InChI=1S/C19H15N3O5/c1-27-11-6-8-12-10(9-11)5-7-13(18(12)23)16-19(24)21-17-14(20-16)3-2-4-15(17)22(25)26/h2-4,6,8-9,13H,5,7H2,1H3,(H,21,24). The predicted octanol–water partition coefficient (Wildman–Crippen LogP) is 2.75. The molecule has 1 aliphatic carbocycles. The molecule has 0 saturated carbocycles. The number of H-pyrrole nitrogens is 1. The highest BCUT2D eigenvalue weighted by Gasteiger charge is 2.32. The second-order valence-electron chi connectivity index (χ2n) is 6.36. The number of aryl methyl sites for hydroxylation is 1. The Morgan fingerprint density at radius 3 is 2.81 bits per heavy atom. The van der Waals surface area contributed by atoms with Crippen molar-refractivity contribution in [2.75, 3.05) is 7.11 Å². The number of nitrogens with zero attached hydrogens (tertiary/aromatic N) is 2. The zero-order valence-corrected chi connectivity index (χ0v) is 14.4. The average Bonchev–Trinajstić information content (AvgIpc) is 2.67. The molecular weight excluding hydrogens is 350 g/mol. The minimum Gasteiger partial charge on any atom is -0.497 e. The van der Waals surface area contributed by atoms with Crippen molar-refractivity contribution >= 4 is 22.5 Å². The molecule has 1 atom stereocenters. The first-order valence-electron chi connectivity index (χ1n) is 8.38. The highest BCUT2D eigenvalue weighted by molar-refractivity contribution is 6.03. The van der Waals surface area contributed by atoms with E-state index in [0.29, 0.717) is 24.2 Å². The number of para-hydroxylation sites is 1. The number of aromatic nitrogens is 2. The van der Waals surface area contributed by atoms with E-state index in [9.17, 15) is 19.7 Å². The Hall–Kier alpha value is -3.55. The Labute approximate surface area is 153 Å². The lowest BCUT2D eigenvalue weighted by atomic mass is 9.81. The molecule has 0 amide bonds. The molecule has 1 N–H and O–H groups in total. The summed E-state index contributed by atoms with van der Waals surface area (Å²) >= 11 is 0. The summed E-state index contributed by atoms with van der Waals surface area (Å²) in [6.07, 6.45) is 1.05. The Kier molecular flexibility index (Phi) is 3.95. The summed E-state index contributed by atoms with van der Waals surface area (Å²) in [6.45, 7) is 0. The number of ketones is 1. The van der Waals surface area contributed by atoms with Crippen molar-refractivity contribution in [1.82, 2.24) is 9.97 Å². The fourth-order valence-electron chi connectivity index (χ4n) is 3.52. The molecule has 1 heterocycles. The van der Waals surface area contributed by atoms with E-state index in [1.54, 1.807) is 25.3 Å².